The van der Waals surface area contributed by atoms with Crippen LogP contribution < -0.4 is 22.1 Å². The van der Waals surface area contributed by atoms with Crippen LogP contribution in [0.15, 0.2) is 0 Å². The third-order valence-electron chi connectivity index (χ3n) is 3.35. The third kappa shape index (κ3) is 9.36. The molecule has 2 amide bonds. The highest BCUT2D eigenvalue weighted by Crippen LogP contribution is 2.04. The van der Waals surface area contributed by atoms with Crippen LogP contribution in [0.5, 0.6) is 0 Å². The Bertz CT molecular complexity index is 412. The fourth-order valence-corrected chi connectivity index (χ4v) is 2.61. The van der Waals surface area contributed by atoms with Gasteiger partial charge in [0.15, 0.2) is 0 Å². The van der Waals surface area contributed by atoms with Crippen LogP contribution in [0.1, 0.15) is 25.7 Å². The van der Waals surface area contributed by atoms with Crippen molar-refractivity contribution >= 4 is 42.2 Å². The molecule has 0 saturated heterocycles. The maximum atomic E-state index is 12.3. The van der Waals surface area contributed by atoms with Gasteiger partial charge in [-0.3, -0.25) is 9.59 Å². The quantitative estimate of drug-likeness (QED) is 0.181. The topological polar surface area (TPSA) is 148 Å². The molecule has 0 saturated carbocycles. The first kappa shape index (κ1) is 23.0. The number of carbonyl (C=O) groups excluding carboxylic acids is 2. The van der Waals surface area contributed by atoms with Gasteiger partial charge in [-0.25, -0.2) is 4.79 Å². The first-order valence-corrected chi connectivity index (χ1v) is 9.79. The monoisotopic (exact) mass is 380 g/mol. The van der Waals surface area contributed by atoms with Gasteiger partial charge in [0, 0.05) is 5.75 Å². The number of thiol groups is 1. The average Bonchev–Trinajstić information content (AvgIpc) is 2.55. The number of hydrogen-bond acceptors (Lipinski definition) is 7. The Morgan fingerprint density at radius 1 is 1.12 bits per heavy atom. The van der Waals surface area contributed by atoms with Crippen LogP contribution in [-0.4, -0.2) is 65.3 Å². The first-order valence-electron chi connectivity index (χ1n) is 7.76. The van der Waals surface area contributed by atoms with Gasteiger partial charge in [-0.2, -0.15) is 24.4 Å². The molecule has 3 atom stereocenters. The van der Waals surface area contributed by atoms with Crippen molar-refractivity contribution in [2.45, 2.75) is 43.8 Å². The summed E-state index contributed by atoms with van der Waals surface area (Å²) < 4.78 is 0. The highest BCUT2D eigenvalue weighted by Gasteiger charge is 2.26. The van der Waals surface area contributed by atoms with Crippen molar-refractivity contribution < 1.29 is 19.5 Å². The van der Waals surface area contributed by atoms with Gasteiger partial charge in [-0.15, -0.1) is 0 Å². The van der Waals surface area contributed by atoms with E-state index in [1.54, 1.807) is 11.8 Å². The highest BCUT2D eigenvalue weighted by molar-refractivity contribution is 7.98. The minimum Gasteiger partial charge on any atom is -0.480 e. The molecule has 0 bridgehead atoms. The fourth-order valence-electron chi connectivity index (χ4n) is 1.87. The number of carbonyl (C=O) groups is 3. The van der Waals surface area contributed by atoms with Gasteiger partial charge in [0.2, 0.25) is 11.8 Å². The lowest BCUT2D eigenvalue weighted by molar-refractivity contribution is -0.141. The smallest absolute Gasteiger partial charge is 0.327 e. The van der Waals surface area contributed by atoms with E-state index in [9.17, 15) is 14.4 Å². The Morgan fingerprint density at radius 2 is 1.75 bits per heavy atom. The Balaban J connectivity index is 4.79. The molecule has 24 heavy (non-hydrogen) atoms. The second-order valence-electron chi connectivity index (χ2n) is 5.32. The van der Waals surface area contributed by atoms with Crippen LogP contribution in [0.3, 0.4) is 0 Å². The lowest BCUT2D eigenvalue weighted by Crippen LogP contribution is -2.54. The number of hydrogen-bond donors (Lipinski definition) is 6. The number of nitrogens with two attached hydrogens (primary N) is 2. The molecule has 7 N–H and O–H groups in total. The van der Waals surface area contributed by atoms with Crippen molar-refractivity contribution in [1.29, 1.82) is 0 Å². The molecule has 0 aromatic rings. The molecule has 0 fully saturated rings. The van der Waals surface area contributed by atoms with Gasteiger partial charge >= 0.3 is 5.97 Å². The second kappa shape index (κ2) is 13.3. The molecule has 0 spiro atoms. The standard InChI is InChI=1S/C14H28N4O4S2/c1-24-7-5-9(16)12(19)17-10(4-2-3-6-15)13(20)18-11(8-23)14(21)22/h9-11,23H,2-8,15-16H2,1H3,(H,17,19)(H,18,20)(H,21,22). The van der Waals surface area contributed by atoms with Gasteiger partial charge in [0.25, 0.3) is 0 Å². The molecule has 0 aromatic heterocycles. The Labute approximate surface area is 152 Å². The second-order valence-corrected chi connectivity index (χ2v) is 6.67. The van der Waals surface area contributed by atoms with Crippen LogP contribution in [0, 0.1) is 0 Å². The summed E-state index contributed by atoms with van der Waals surface area (Å²) in [4.78, 5) is 35.4. The summed E-state index contributed by atoms with van der Waals surface area (Å²) in [7, 11) is 0. The van der Waals surface area contributed by atoms with Crippen molar-refractivity contribution in [2.75, 3.05) is 24.3 Å². The predicted octanol–water partition coefficient (Wildman–Crippen LogP) is -0.820. The lowest BCUT2D eigenvalue weighted by atomic mass is 10.1. The van der Waals surface area contributed by atoms with Crippen molar-refractivity contribution in [3.05, 3.63) is 0 Å². The summed E-state index contributed by atoms with van der Waals surface area (Å²) >= 11 is 5.48. The zero-order valence-electron chi connectivity index (χ0n) is 13.9. The number of aliphatic carboxylic acids is 1. The van der Waals surface area contributed by atoms with E-state index in [4.69, 9.17) is 16.6 Å². The minimum atomic E-state index is -1.18. The number of amides is 2. The van der Waals surface area contributed by atoms with Crippen molar-refractivity contribution in [1.82, 2.24) is 10.6 Å². The third-order valence-corrected chi connectivity index (χ3v) is 4.36. The van der Waals surface area contributed by atoms with Crippen LogP contribution >= 0.6 is 24.4 Å². The molecule has 3 unspecified atom stereocenters. The summed E-state index contributed by atoms with van der Waals surface area (Å²) in [6, 6.07) is -2.66. The SMILES string of the molecule is CSCCC(N)C(=O)NC(CCCCN)C(=O)NC(CS)C(=O)O. The van der Waals surface area contributed by atoms with Gasteiger partial charge in [0.1, 0.15) is 12.1 Å². The number of carboxylic acids is 1. The highest BCUT2D eigenvalue weighted by atomic mass is 32.2. The Kier molecular flexibility index (Phi) is 12.8. The maximum Gasteiger partial charge on any atom is 0.327 e. The number of nitrogens with one attached hydrogen (secondary N) is 2. The van der Waals surface area contributed by atoms with Crippen molar-refractivity contribution in [3.8, 4) is 0 Å². The molecule has 0 aromatic carbocycles. The molecule has 0 aliphatic rings. The van der Waals surface area contributed by atoms with E-state index in [1.165, 1.54) is 0 Å². The maximum absolute atomic E-state index is 12.3. The largest absolute Gasteiger partial charge is 0.480 e. The normalized spacial score (nSPS) is 14.5. The fraction of sp³-hybridized carbons (Fsp3) is 0.786. The number of rotatable bonds is 13. The van der Waals surface area contributed by atoms with Crippen LogP contribution in [0.4, 0.5) is 0 Å². The number of thioether (sulfide) groups is 1. The molecular weight excluding hydrogens is 352 g/mol. The molecular formula is C14H28N4O4S2. The zero-order valence-corrected chi connectivity index (χ0v) is 15.6. The number of unbranched alkanes of at least 4 members (excludes halogenated alkanes) is 1. The van der Waals surface area contributed by atoms with E-state index in [0.717, 1.165) is 5.75 Å². The summed E-state index contributed by atoms with van der Waals surface area (Å²) in [5.41, 5.74) is 11.2. The average molecular weight is 381 g/mol. The van der Waals surface area contributed by atoms with Crippen LogP contribution in [0.2, 0.25) is 0 Å². The van der Waals surface area contributed by atoms with E-state index >= 15 is 0 Å². The van der Waals surface area contributed by atoms with E-state index in [2.05, 4.69) is 23.3 Å². The van der Waals surface area contributed by atoms with Crippen LogP contribution in [0.25, 0.3) is 0 Å². The summed E-state index contributed by atoms with van der Waals surface area (Å²) in [5, 5.41) is 14.0. The number of carboxylic acid groups (broad SMARTS) is 1. The van der Waals surface area contributed by atoms with Gasteiger partial charge < -0.3 is 27.2 Å². The molecule has 0 rings (SSSR count). The zero-order chi connectivity index (χ0) is 18.5. The molecule has 0 radical (unpaired) electrons. The molecule has 0 heterocycles. The van der Waals surface area contributed by atoms with Gasteiger partial charge in [0.05, 0.1) is 6.04 Å². The Hall–Kier alpha value is -0.970. The molecule has 10 heteroatoms. The van der Waals surface area contributed by atoms with Gasteiger partial charge in [-0.1, -0.05) is 0 Å². The van der Waals surface area contributed by atoms with Gasteiger partial charge in [-0.05, 0) is 44.2 Å². The lowest BCUT2D eigenvalue weighted by Gasteiger charge is -2.22. The predicted molar refractivity (Wildman–Crippen MR) is 99.2 cm³/mol. The van der Waals surface area contributed by atoms with Crippen molar-refractivity contribution in [2.24, 2.45) is 11.5 Å². The summed E-state index contributed by atoms with van der Waals surface area (Å²) in [5.74, 6) is -1.47. The molecule has 0 aliphatic carbocycles. The van der Waals surface area contributed by atoms with E-state index in [-0.39, 0.29) is 5.75 Å². The first-order chi connectivity index (χ1) is 11.4. The summed E-state index contributed by atoms with van der Waals surface area (Å²) in [6.45, 7) is 0.476. The van der Waals surface area contributed by atoms with E-state index in [0.29, 0.717) is 32.2 Å². The van der Waals surface area contributed by atoms with E-state index in [1.807, 2.05) is 6.26 Å². The summed E-state index contributed by atoms with van der Waals surface area (Å²) in [6.07, 6.45) is 4.11. The van der Waals surface area contributed by atoms with Crippen molar-refractivity contribution in [3.63, 3.8) is 0 Å². The molecule has 0 aliphatic heterocycles. The Morgan fingerprint density at radius 3 is 2.25 bits per heavy atom. The molecule has 8 nitrogen and oxygen atoms in total. The van der Waals surface area contributed by atoms with E-state index < -0.39 is 35.9 Å². The van der Waals surface area contributed by atoms with Crippen LogP contribution in [-0.2, 0) is 14.4 Å². The molecule has 140 valence electrons. The minimum absolute atomic E-state index is 0.0439.